The van der Waals surface area contributed by atoms with Gasteiger partial charge in [0.25, 0.3) is 0 Å². The van der Waals surface area contributed by atoms with Crippen LogP contribution in [-0.2, 0) is 0 Å². The van der Waals surface area contributed by atoms with Crippen LogP contribution in [0.25, 0.3) is 0 Å². The van der Waals surface area contributed by atoms with E-state index in [1.165, 1.54) is 0 Å². The number of hydrogen-bond donors (Lipinski definition) is 6. The monoisotopic (exact) mass is 392 g/mol. The molecule has 0 atom stereocenters. The zero-order chi connectivity index (χ0) is 19.3. The maximum Gasteiger partial charge on any atom is 0.166 e. The van der Waals surface area contributed by atoms with E-state index < -0.39 is 0 Å². The third-order valence-corrected chi connectivity index (χ3v) is 4.53. The summed E-state index contributed by atoms with van der Waals surface area (Å²) in [4.78, 5) is 0. The molecule has 0 spiro atoms. The topological polar surface area (TPSA) is 88.6 Å². The minimum atomic E-state index is -0.0817. The van der Waals surface area contributed by atoms with E-state index in [-0.39, 0.29) is 24.0 Å². The van der Waals surface area contributed by atoms with Gasteiger partial charge >= 0.3 is 0 Å². The average Bonchev–Trinajstić information content (AvgIpc) is 2.54. The zero-order valence-electron chi connectivity index (χ0n) is 16.1. The summed E-state index contributed by atoms with van der Waals surface area (Å²) in [6, 6.07) is 0. The molecule has 0 aromatic heterocycles. The fraction of sp³-hybridized carbons (Fsp3) is 0.882. The van der Waals surface area contributed by atoms with Crippen molar-refractivity contribution in [2.45, 2.75) is 47.0 Å². The lowest BCUT2D eigenvalue weighted by Crippen LogP contribution is -2.40. The van der Waals surface area contributed by atoms with Crippen molar-refractivity contribution in [1.29, 1.82) is 0 Å². The highest BCUT2D eigenvalue weighted by Gasteiger charge is 2.16. The van der Waals surface area contributed by atoms with Gasteiger partial charge in [-0.3, -0.25) is 0 Å². The van der Waals surface area contributed by atoms with Gasteiger partial charge in [0.1, 0.15) is 0 Å². The predicted octanol–water partition coefficient (Wildman–Crippen LogP) is 1.12. The molecular formula is C17H36N4O2S2. The van der Waals surface area contributed by atoms with Crippen LogP contribution in [0.15, 0.2) is 0 Å². The van der Waals surface area contributed by atoms with Gasteiger partial charge in [-0.1, -0.05) is 27.7 Å². The van der Waals surface area contributed by atoms with Crippen LogP contribution >= 0.6 is 24.4 Å². The SMILES string of the molecule is CC(C)(CO)CCNC(=S)NCCCNC(=S)NCCC(C)(C)CO. The maximum atomic E-state index is 9.20. The quantitative estimate of drug-likeness (QED) is 0.218. The Morgan fingerprint density at radius 1 is 0.680 bits per heavy atom. The standard InChI is InChI=1S/C17H36N4O2S2/c1-16(2,12-22)6-10-20-14(24)18-8-5-9-19-15(25)21-11-7-17(3,4)13-23/h22-23H,5-13H2,1-4H3,(H2,18,20,24)(H2,19,21,25). The molecule has 6 nitrogen and oxygen atoms in total. The molecule has 8 heteroatoms. The molecule has 0 aliphatic heterocycles. The van der Waals surface area contributed by atoms with Gasteiger partial charge in [0.15, 0.2) is 10.2 Å². The maximum absolute atomic E-state index is 9.20. The minimum Gasteiger partial charge on any atom is -0.396 e. The molecule has 0 saturated carbocycles. The summed E-state index contributed by atoms with van der Waals surface area (Å²) in [6.07, 6.45) is 2.62. The van der Waals surface area contributed by atoms with Crippen LogP contribution in [0.3, 0.4) is 0 Å². The van der Waals surface area contributed by atoms with E-state index in [1.54, 1.807) is 0 Å². The second-order valence-electron chi connectivity index (χ2n) is 7.86. The fourth-order valence-electron chi connectivity index (χ4n) is 1.80. The molecule has 0 saturated heterocycles. The molecular weight excluding hydrogens is 356 g/mol. The number of aliphatic hydroxyl groups is 2. The predicted molar refractivity (Wildman–Crippen MR) is 113 cm³/mol. The molecule has 0 fully saturated rings. The third-order valence-electron chi connectivity index (χ3n) is 3.96. The van der Waals surface area contributed by atoms with Crippen LogP contribution < -0.4 is 21.3 Å². The lowest BCUT2D eigenvalue weighted by atomic mass is 9.91. The molecule has 0 unspecified atom stereocenters. The molecule has 0 radical (unpaired) electrons. The molecule has 0 aliphatic carbocycles. The average molecular weight is 393 g/mol. The van der Waals surface area contributed by atoms with Crippen molar-refractivity contribution in [1.82, 2.24) is 21.3 Å². The lowest BCUT2D eigenvalue weighted by Gasteiger charge is -2.22. The summed E-state index contributed by atoms with van der Waals surface area (Å²) < 4.78 is 0. The van der Waals surface area contributed by atoms with E-state index in [2.05, 4.69) is 21.3 Å². The second-order valence-corrected chi connectivity index (χ2v) is 8.68. The molecule has 0 aliphatic rings. The molecule has 25 heavy (non-hydrogen) atoms. The van der Waals surface area contributed by atoms with E-state index in [4.69, 9.17) is 24.4 Å². The van der Waals surface area contributed by atoms with Gasteiger partial charge in [-0.15, -0.1) is 0 Å². The Morgan fingerprint density at radius 2 is 1.00 bits per heavy atom. The van der Waals surface area contributed by atoms with Crippen molar-refractivity contribution in [3.8, 4) is 0 Å². The van der Waals surface area contributed by atoms with Gasteiger partial charge in [0.05, 0.1) is 0 Å². The lowest BCUT2D eigenvalue weighted by molar-refractivity contribution is 0.151. The molecule has 0 amide bonds. The molecule has 0 bridgehead atoms. The summed E-state index contributed by atoms with van der Waals surface area (Å²) >= 11 is 10.4. The molecule has 0 rings (SSSR count). The summed E-state index contributed by atoms with van der Waals surface area (Å²) in [5.41, 5.74) is -0.163. The Balaban J connectivity index is 3.59. The van der Waals surface area contributed by atoms with Crippen molar-refractivity contribution in [2.24, 2.45) is 10.8 Å². The summed E-state index contributed by atoms with van der Waals surface area (Å²) in [7, 11) is 0. The first kappa shape index (κ1) is 24.3. The van der Waals surface area contributed by atoms with Crippen LogP contribution in [-0.4, -0.2) is 59.8 Å². The zero-order valence-corrected chi connectivity index (χ0v) is 17.7. The van der Waals surface area contributed by atoms with Crippen molar-refractivity contribution < 1.29 is 10.2 Å². The van der Waals surface area contributed by atoms with Gasteiger partial charge < -0.3 is 31.5 Å². The first-order valence-corrected chi connectivity index (χ1v) is 9.69. The highest BCUT2D eigenvalue weighted by Crippen LogP contribution is 2.18. The number of aliphatic hydroxyl groups excluding tert-OH is 2. The van der Waals surface area contributed by atoms with Crippen LogP contribution in [0, 0.1) is 10.8 Å². The molecule has 0 heterocycles. The highest BCUT2D eigenvalue weighted by atomic mass is 32.1. The van der Waals surface area contributed by atoms with Crippen LogP contribution in [0.4, 0.5) is 0 Å². The summed E-state index contributed by atoms with van der Waals surface area (Å²) in [5.74, 6) is 0. The van der Waals surface area contributed by atoms with Gasteiger partial charge in [-0.05, 0) is 54.5 Å². The largest absolute Gasteiger partial charge is 0.396 e. The Bertz CT molecular complexity index is 368. The van der Waals surface area contributed by atoms with E-state index in [9.17, 15) is 10.2 Å². The fourth-order valence-corrected chi connectivity index (χ4v) is 2.21. The molecule has 148 valence electrons. The van der Waals surface area contributed by atoms with E-state index in [1.807, 2.05) is 27.7 Å². The number of nitrogens with one attached hydrogen (secondary N) is 4. The molecule has 0 aromatic carbocycles. The summed E-state index contributed by atoms with van der Waals surface area (Å²) in [6.45, 7) is 11.5. The third kappa shape index (κ3) is 14.2. The summed E-state index contributed by atoms with van der Waals surface area (Å²) in [5, 5.41) is 32.3. The van der Waals surface area contributed by atoms with Gasteiger partial charge in [0, 0.05) is 39.4 Å². The normalized spacial score (nSPS) is 11.8. The molecule has 0 aromatic rings. The van der Waals surface area contributed by atoms with Crippen LogP contribution in [0.2, 0.25) is 0 Å². The Kier molecular flexibility index (Phi) is 12.3. The first-order chi connectivity index (χ1) is 11.6. The van der Waals surface area contributed by atoms with E-state index in [0.717, 1.165) is 45.4 Å². The van der Waals surface area contributed by atoms with Crippen molar-refractivity contribution in [3.63, 3.8) is 0 Å². The Hall–Kier alpha value is -0.700. The number of thiocarbonyl (C=S) groups is 2. The van der Waals surface area contributed by atoms with Crippen LogP contribution in [0.5, 0.6) is 0 Å². The van der Waals surface area contributed by atoms with E-state index >= 15 is 0 Å². The van der Waals surface area contributed by atoms with Gasteiger partial charge in [0.2, 0.25) is 0 Å². The number of rotatable bonds is 12. The molecule has 6 N–H and O–H groups in total. The van der Waals surface area contributed by atoms with Crippen molar-refractivity contribution in [2.75, 3.05) is 39.4 Å². The van der Waals surface area contributed by atoms with Gasteiger partial charge in [-0.2, -0.15) is 0 Å². The van der Waals surface area contributed by atoms with Crippen molar-refractivity contribution >= 4 is 34.7 Å². The van der Waals surface area contributed by atoms with Gasteiger partial charge in [-0.25, -0.2) is 0 Å². The van der Waals surface area contributed by atoms with Crippen LogP contribution in [0.1, 0.15) is 47.0 Å². The van der Waals surface area contributed by atoms with E-state index in [0.29, 0.717) is 10.2 Å². The van der Waals surface area contributed by atoms with Crippen molar-refractivity contribution in [3.05, 3.63) is 0 Å². The Morgan fingerprint density at radius 3 is 1.32 bits per heavy atom. The number of hydrogen-bond acceptors (Lipinski definition) is 4. The highest BCUT2D eigenvalue weighted by molar-refractivity contribution is 7.80. The smallest absolute Gasteiger partial charge is 0.166 e. The minimum absolute atomic E-state index is 0.0817. The Labute approximate surface area is 163 Å². The first-order valence-electron chi connectivity index (χ1n) is 8.87. The second kappa shape index (κ2) is 12.6.